The Bertz CT molecular complexity index is 917. The number of rotatable bonds is 3. The molecule has 0 unspecified atom stereocenters. The number of anilines is 1. The smallest absolute Gasteiger partial charge is 0.336 e. The molecule has 0 atom stereocenters. The Hall–Kier alpha value is -3.34. The third-order valence-corrected chi connectivity index (χ3v) is 3.21. The van der Waals surface area contributed by atoms with E-state index in [0.29, 0.717) is 5.52 Å². The monoisotopic (exact) mass is 329 g/mol. The van der Waals surface area contributed by atoms with E-state index in [2.05, 4.69) is 20.5 Å². The van der Waals surface area contributed by atoms with Crippen molar-refractivity contribution in [1.82, 2.24) is 9.97 Å². The second kappa shape index (κ2) is 6.04. The molecule has 120 valence electrons. The van der Waals surface area contributed by atoms with Crippen LogP contribution < -0.4 is 5.43 Å². The summed E-state index contributed by atoms with van der Waals surface area (Å²) in [7, 11) is 0. The van der Waals surface area contributed by atoms with Crippen molar-refractivity contribution in [1.29, 1.82) is 5.26 Å². The Morgan fingerprint density at radius 3 is 2.67 bits per heavy atom. The average Bonchev–Trinajstić information content (AvgIpc) is 2.99. The van der Waals surface area contributed by atoms with Gasteiger partial charge in [-0.3, -0.25) is 5.43 Å². The Kier molecular flexibility index (Phi) is 3.92. The topological polar surface area (TPSA) is 76.9 Å². The maximum absolute atomic E-state index is 12.7. The summed E-state index contributed by atoms with van der Waals surface area (Å²) in [5.74, 6) is 0.234. The third-order valence-electron chi connectivity index (χ3n) is 3.21. The van der Waals surface area contributed by atoms with E-state index < -0.39 is 11.7 Å². The number of imidazole rings is 1. The standard InChI is InChI=1S/C16H10F3N5/c17-16(18,19)10-4-3-5-11(8-10)23-24-14(9-20)15-21-12-6-1-2-7-13(12)22-15/h1-8,23H,(H,21,22)/b24-14+. The number of hydrogen-bond donors (Lipinski definition) is 2. The summed E-state index contributed by atoms with van der Waals surface area (Å²) < 4.78 is 38.1. The van der Waals surface area contributed by atoms with Crippen LogP contribution in [0, 0.1) is 11.3 Å². The number of aromatic nitrogens is 2. The molecule has 8 heteroatoms. The lowest BCUT2D eigenvalue weighted by atomic mass is 10.2. The normalized spacial score (nSPS) is 12.2. The van der Waals surface area contributed by atoms with Crippen molar-refractivity contribution in [3.05, 3.63) is 59.9 Å². The molecule has 0 bridgehead atoms. The number of alkyl halides is 3. The fourth-order valence-corrected chi connectivity index (χ4v) is 2.08. The lowest BCUT2D eigenvalue weighted by molar-refractivity contribution is -0.137. The molecule has 0 saturated heterocycles. The van der Waals surface area contributed by atoms with Gasteiger partial charge in [0.1, 0.15) is 6.07 Å². The molecule has 3 rings (SSSR count). The number of nitriles is 1. The summed E-state index contributed by atoms with van der Waals surface area (Å²) in [6.45, 7) is 0. The zero-order valence-corrected chi connectivity index (χ0v) is 12.1. The second-order valence-corrected chi connectivity index (χ2v) is 4.87. The van der Waals surface area contributed by atoms with Gasteiger partial charge in [0.2, 0.25) is 5.71 Å². The summed E-state index contributed by atoms with van der Waals surface area (Å²) in [6, 6.07) is 13.6. The molecule has 0 fully saturated rings. The average molecular weight is 329 g/mol. The Balaban J connectivity index is 1.88. The Labute approximate surface area is 134 Å². The molecule has 2 aromatic carbocycles. The molecule has 0 aliphatic rings. The number of hydrogen-bond acceptors (Lipinski definition) is 4. The Morgan fingerprint density at radius 1 is 1.17 bits per heavy atom. The number of nitrogens with zero attached hydrogens (tertiary/aromatic N) is 3. The zero-order chi connectivity index (χ0) is 17.2. The first kappa shape index (κ1) is 15.6. The van der Waals surface area contributed by atoms with Gasteiger partial charge in [-0.15, -0.1) is 0 Å². The van der Waals surface area contributed by atoms with Crippen LogP contribution in [0.1, 0.15) is 11.4 Å². The number of halogens is 3. The molecule has 0 saturated carbocycles. The summed E-state index contributed by atoms with van der Waals surface area (Å²) in [5, 5.41) is 13.1. The van der Waals surface area contributed by atoms with Crippen molar-refractivity contribution in [2.45, 2.75) is 6.18 Å². The molecular formula is C16H10F3N5. The van der Waals surface area contributed by atoms with Crippen molar-refractivity contribution in [2.24, 2.45) is 5.10 Å². The number of nitrogens with one attached hydrogen (secondary N) is 2. The first-order chi connectivity index (χ1) is 11.5. The summed E-state index contributed by atoms with van der Waals surface area (Å²) in [6.07, 6.45) is -4.45. The molecule has 5 nitrogen and oxygen atoms in total. The van der Waals surface area contributed by atoms with E-state index in [1.807, 2.05) is 12.1 Å². The summed E-state index contributed by atoms with van der Waals surface area (Å²) in [5.41, 5.74) is 3.10. The highest BCUT2D eigenvalue weighted by Crippen LogP contribution is 2.30. The van der Waals surface area contributed by atoms with E-state index in [1.165, 1.54) is 12.1 Å². The summed E-state index contributed by atoms with van der Waals surface area (Å²) in [4.78, 5) is 7.16. The third kappa shape index (κ3) is 3.20. The van der Waals surface area contributed by atoms with Gasteiger partial charge < -0.3 is 4.98 Å². The van der Waals surface area contributed by atoms with Gasteiger partial charge in [0.05, 0.1) is 22.3 Å². The number of benzene rings is 2. The number of fused-ring (bicyclic) bond motifs is 1. The highest BCUT2D eigenvalue weighted by Gasteiger charge is 2.30. The Morgan fingerprint density at radius 2 is 1.96 bits per heavy atom. The summed E-state index contributed by atoms with van der Waals surface area (Å²) >= 11 is 0. The van der Waals surface area contributed by atoms with Gasteiger partial charge in [-0.05, 0) is 30.3 Å². The second-order valence-electron chi connectivity index (χ2n) is 4.87. The number of para-hydroxylation sites is 2. The van der Waals surface area contributed by atoms with Crippen LogP contribution in [0.2, 0.25) is 0 Å². The van der Waals surface area contributed by atoms with Gasteiger partial charge in [0, 0.05) is 0 Å². The molecule has 0 radical (unpaired) electrons. The molecule has 24 heavy (non-hydrogen) atoms. The maximum atomic E-state index is 12.7. The van der Waals surface area contributed by atoms with E-state index in [0.717, 1.165) is 17.6 Å². The minimum atomic E-state index is -4.45. The van der Waals surface area contributed by atoms with E-state index in [-0.39, 0.29) is 17.2 Å². The van der Waals surface area contributed by atoms with Crippen molar-refractivity contribution in [2.75, 3.05) is 5.43 Å². The van der Waals surface area contributed by atoms with E-state index in [1.54, 1.807) is 18.2 Å². The van der Waals surface area contributed by atoms with E-state index in [4.69, 9.17) is 0 Å². The van der Waals surface area contributed by atoms with Gasteiger partial charge in [0.15, 0.2) is 5.82 Å². The molecule has 1 heterocycles. The van der Waals surface area contributed by atoms with Crippen LogP contribution in [0.25, 0.3) is 11.0 Å². The minimum Gasteiger partial charge on any atom is -0.336 e. The molecule has 2 N–H and O–H groups in total. The molecule has 1 aromatic heterocycles. The van der Waals surface area contributed by atoms with Gasteiger partial charge >= 0.3 is 6.18 Å². The lowest BCUT2D eigenvalue weighted by Crippen LogP contribution is -2.06. The van der Waals surface area contributed by atoms with Crippen LogP contribution in [0.5, 0.6) is 0 Å². The van der Waals surface area contributed by atoms with Crippen LogP contribution in [0.4, 0.5) is 18.9 Å². The van der Waals surface area contributed by atoms with Crippen LogP contribution in [0.15, 0.2) is 53.6 Å². The number of H-pyrrole nitrogens is 1. The predicted molar refractivity (Wildman–Crippen MR) is 83.3 cm³/mol. The minimum absolute atomic E-state index is 0.0661. The number of aromatic amines is 1. The fraction of sp³-hybridized carbons (Fsp3) is 0.0625. The van der Waals surface area contributed by atoms with Crippen LogP contribution in [0.3, 0.4) is 0 Å². The largest absolute Gasteiger partial charge is 0.416 e. The molecule has 0 aliphatic carbocycles. The van der Waals surface area contributed by atoms with Crippen molar-refractivity contribution in [3.63, 3.8) is 0 Å². The van der Waals surface area contributed by atoms with Crippen molar-refractivity contribution in [3.8, 4) is 6.07 Å². The zero-order valence-electron chi connectivity index (χ0n) is 12.1. The molecule has 3 aromatic rings. The van der Waals surface area contributed by atoms with Gasteiger partial charge in [-0.25, -0.2) is 4.98 Å². The van der Waals surface area contributed by atoms with Crippen LogP contribution in [-0.4, -0.2) is 15.7 Å². The first-order valence-corrected chi connectivity index (χ1v) is 6.83. The molecule has 0 spiro atoms. The fourth-order valence-electron chi connectivity index (χ4n) is 2.08. The van der Waals surface area contributed by atoms with Gasteiger partial charge in [0.25, 0.3) is 0 Å². The molecule has 0 aliphatic heterocycles. The first-order valence-electron chi connectivity index (χ1n) is 6.83. The van der Waals surface area contributed by atoms with Crippen LogP contribution in [-0.2, 0) is 6.18 Å². The highest BCUT2D eigenvalue weighted by molar-refractivity contribution is 6.10. The van der Waals surface area contributed by atoms with Gasteiger partial charge in [-0.2, -0.15) is 23.5 Å². The SMILES string of the molecule is N#C/C(=N\Nc1cccc(C(F)(F)F)c1)c1nc2ccccc2[nH]1. The van der Waals surface area contributed by atoms with Gasteiger partial charge in [-0.1, -0.05) is 18.2 Å². The maximum Gasteiger partial charge on any atom is 0.416 e. The predicted octanol–water partition coefficient (Wildman–Crippen LogP) is 3.92. The molecule has 0 amide bonds. The van der Waals surface area contributed by atoms with Crippen LogP contribution >= 0.6 is 0 Å². The number of hydrazone groups is 1. The lowest BCUT2D eigenvalue weighted by Gasteiger charge is -2.08. The van der Waals surface area contributed by atoms with E-state index in [9.17, 15) is 18.4 Å². The quantitative estimate of drug-likeness (QED) is 0.565. The van der Waals surface area contributed by atoms with E-state index >= 15 is 0 Å². The van der Waals surface area contributed by atoms with Crippen molar-refractivity contribution >= 4 is 22.4 Å². The molecular weight excluding hydrogens is 319 g/mol. The van der Waals surface area contributed by atoms with Crippen molar-refractivity contribution < 1.29 is 13.2 Å². The highest BCUT2D eigenvalue weighted by atomic mass is 19.4.